The predicted octanol–water partition coefficient (Wildman–Crippen LogP) is 5.75. The summed E-state index contributed by atoms with van der Waals surface area (Å²) in [6.45, 7) is 5.13. The van der Waals surface area contributed by atoms with Crippen LogP contribution in [-0.4, -0.2) is 19.7 Å². The molecule has 0 saturated carbocycles. The number of hydrogen-bond acceptors (Lipinski definition) is 6. The SMILES string of the molecule is CC(C)Cn1c(SCc2csc(-c3ccc(F)cc3)n2)nnc1-c1ccco1. The number of thiazole rings is 1. The van der Waals surface area contributed by atoms with Crippen molar-refractivity contribution < 1.29 is 8.81 Å². The van der Waals surface area contributed by atoms with Gasteiger partial charge in [-0.2, -0.15) is 0 Å². The van der Waals surface area contributed by atoms with Gasteiger partial charge < -0.3 is 4.42 Å². The third-order valence-electron chi connectivity index (χ3n) is 4.00. The normalized spacial score (nSPS) is 11.4. The Morgan fingerprint density at radius 3 is 2.71 bits per heavy atom. The zero-order valence-electron chi connectivity index (χ0n) is 15.5. The van der Waals surface area contributed by atoms with Crippen molar-refractivity contribution in [2.75, 3.05) is 0 Å². The van der Waals surface area contributed by atoms with Crippen molar-refractivity contribution in [1.29, 1.82) is 0 Å². The van der Waals surface area contributed by atoms with E-state index in [0.29, 0.717) is 17.4 Å². The fourth-order valence-corrected chi connectivity index (χ4v) is 4.52. The van der Waals surface area contributed by atoms with Gasteiger partial charge in [-0.15, -0.1) is 21.5 Å². The molecule has 3 heterocycles. The van der Waals surface area contributed by atoms with Crippen molar-refractivity contribution in [2.45, 2.75) is 31.3 Å². The number of rotatable bonds is 7. The predicted molar refractivity (Wildman–Crippen MR) is 110 cm³/mol. The quantitative estimate of drug-likeness (QED) is 0.361. The highest BCUT2D eigenvalue weighted by molar-refractivity contribution is 7.98. The summed E-state index contributed by atoms with van der Waals surface area (Å²) in [5.74, 6) is 2.35. The molecule has 0 amide bonds. The molecular weight excluding hydrogens is 395 g/mol. The molecule has 4 aromatic rings. The monoisotopic (exact) mass is 414 g/mol. The average molecular weight is 415 g/mol. The lowest BCUT2D eigenvalue weighted by molar-refractivity contribution is 0.489. The molecule has 0 atom stereocenters. The van der Waals surface area contributed by atoms with Crippen molar-refractivity contribution in [2.24, 2.45) is 5.92 Å². The second kappa shape index (κ2) is 8.28. The molecule has 0 N–H and O–H groups in total. The van der Waals surface area contributed by atoms with Crippen LogP contribution in [0.25, 0.3) is 22.2 Å². The van der Waals surface area contributed by atoms with Crippen molar-refractivity contribution in [3.05, 3.63) is 59.6 Å². The van der Waals surface area contributed by atoms with Gasteiger partial charge in [-0.05, 0) is 42.3 Å². The smallest absolute Gasteiger partial charge is 0.200 e. The molecule has 1 aromatic carbocycles. The number of thioether (sulfide) groups is 1. The zero-order valence-corrected chi connectivity index (χ0v) is 17.1. The third kappa shape index (κ3) is 4.18. The molecule has 28 heavy (non-hydrogen) atoms. The maximum absolute atomic E-state index is 13.1. The molecule has 0 radical (unpaired) electrons. The van der Waals surface area contributed by atoms with Gasteiger partial charge in [-0.25, -0.2) is 9.37 Å². The van der Waals surface area contributed by atoms with Crippen LogP contribution >= 0.6 is 23.1 Å². The first-order valence-corrected chi connectivity index (χ1v) is 10.8. The maximum Gasteiger partial charge on any atom is 0.200 e. The molecule has 3 aromatic heterocycles. The van der Waals surface area contributed by atoms with Gasteiger partial charge in [-0.3, -0.25) is 4.57 Å². The summed E-state index contributed by atoms with van der Waals surface area (Å²) in [6, 6.07) is 10.2. The number of nitrogens with zero attached hydrogens (tertiary/aromatic N) is 4. The molecule has 0 fully saturated rings. The highest BCUT2D eigenvalue weighted by atomic mass is 32.2. The standard InChI is InChI=1S/C20H19FN4OS2/c1-13(2)10-25-18(17-4-3-9-26-17)23-24-20(25)28-12-16-11-27-19(22-16)14-5-7-15(21)8-6-14/h3-9,11,13H,10,12H2,1-2H3. The van der Waals surface area contributed by atoms with Gasteiger partial charge in [0.1, 0.15) is 10.8 Å². The van der Waals surface area contributed by atoms with Gasteiger partial charge in [0.2, 0.25) is 0 Å². The van der Waals surface area contributed by atoms with E-state index in [2.05, 4.69) is 33.6 Å². The highest BCUT2D eigenvalue weighted by Crippen LogP contribution is 2.30. The van der Waals surface area contributed by atoms with E-state index >= 15 is 0 Å². The average Bonchev–Trinajstić information content (AvgIpc) is 3.41. The number of hydrogen-bond donors (Lipinski definition) is 0. The summed E-state index contributed by atoms with van der Waals surface area (Å²) < 4.78 is 20.7. The lowest BCUT2D eigenvalue weighted by Gasteiger charge is -2.11. The Morgan fingerprint density at radius 1 is 1.18 bits per heavy atom. The van der Waals surface area contributed by atoms with Crippen LogP contribution in [-0.2, 0) is 12.3 Å². The van der Waals surface area contributed by atoms with Crippen LogP contribution in [0.4, 0.5) is 4.39 Å². The molecule has 5 nitrogen and oxygen atoms in total. The molecule has 0 bridgehead atoms. The van der Waals surface area contributed by atoms with Gasteiger partial charge >= 0.3 is 0 Å². The van der Waals surface area contributed by atoms with E-state index in [1.165, 1.54) is 12.1 Å². The van der Waals surface area contributed by atoms with Crippen LogP contribution in [0.15, 0.2) is 57.6 Å². The molecule has 8 heteroatoms. The molecule has 0 unspecified atom stereocenters. The van der Waals surface area contributed by atoms with Gasteiger partial charge in [0.25, 0.3) is 0 Å². The van der Waals surface area contributed by atoms with E-state index < -0.39 is 0 Å². The molecule has 0 aliphatic carbocycles. The molecule has 144 valence electrons. The van der Waals surface area contributed by atoms with Crippen LogP contribution < -0.4 is 0 Å². The molecule has 4 rings (SSSR count). The topological polar surface area (TPSA) is 56.7 Å². The Labute approximate surface area is 170 Å². The largest absolute Gasteiger partial charge is 0.461 e. The molecular formula is C20H19FN4OS2. The molecule has 0 aliphatic heterocycles. The number of furan rings is 1. The minimum atomic E-state index is -0.243. The van der Waals surface area contributed by atoms with Crippen LogP contribution in [0.1, 0.15) is 19.5 Å². The Balaban J connectivity index is 1.51. The van der Waals surface area contributed by atoms with E-state index in [-0.39, 0.29) is 5.82 Å². The van der Waals surface area contributed by atoms with E-state index in [4.69, 9.17) is 4.42 Å². The van der Waals surface area contributed by atoms with Crippen molar-refractivity contribution in [1.82, 2.24) is 19.7 Å². The Kier molecular flexibility index (Phi) is 5.59. The summed E-state index contributed by atoms with van der Waals surface area (Å²) >= 11 is 3.16. The number of benzene rings is 1. The second-order valence-corrected chi connectivity index (χ2v) is 8.53. The van der Waals surface area contributed by atoms with Crippen LogP contribution in [0, 0.1) is 11.7 Å². The fourth-order valence-electron chi connectivity index (χ4n) is 2.75. The first-order valence-electron chi connectivity index (χ1n) is 8.90. The zero-order chi connectivity index (χ0) is 19.5. The summed E-state index contributed by atoms with van der Waals surface area (Å²) in [5, 5.41) is 12.5. The number of aromatic nitrogens is 4. The van der Waals surface area contributed by atoms with Gasteiger partial charge in [0, 0.05) is 23.2 Å². The molecule has 0 aliphatic rings. The van der Waals surface area contributed by atoms with Crippen molar-refractivity contribution in [3.63, 3.8) is 0 Å². The van der Waals surface area contributed by atoms with E-state index in [9.17, 15) is 4.39 Å². The Morgan fingerprint density at radius 2 is 2.00 bits per heavy atom. The van der Waals surface area contributed by atoms with Crippen molar-refractivity contribution in [3.8, 4) is 22.2 Å². The Hall–Kier alpha value is -2.45. The highest BCUT2D eigenvalue weighted by Gasteiger charge is 2.17. The lowest BCUT2D eigenvalue weighted by Crippen LogP contribution is -2.07. The fraction of sp³-hybridized carbons (Fsp3) is 0.250. The molecule has 0 spiro atoms. The van der Waals surface area contributed by atoms with E-state index in [1.807, 2.05) is 17.5 Å². The summed E-state index contributed by atoms with van der Waals surface area (Å²) in [5.41, 5.74) is 1.89. The summed E-state index contributed by atoms with van der Waals surface area (Å²) in [4.78, 5) is 4.67. The Bertz CT molecular complexity index is 1040. The van der Waals surface area contributed by atoms with Gasteiger partial charge in [0.15, 0.2) is 16.7 Å². The van der Waals surface area contributed by atoms with Crippen LogP contribution in [0.2, 0.25) is 0 Å². The van der Waals surface area contributed by atoms with Gasteiger partial charge in [0.05, 0.1) is 12.0 Å². The minimum Gasteiger partial charge on any atom is -0.461 e. The van der Waals surface area contributed by atoms with Crippen LogP contribution in [0.3, 0.4) is 0 Å². The summed E-state index contributed by atoms with van der Waals surface area (Å²) in [6.07, 6.45) is 1.64. The van der Waals surface area contributed by atoms with Crippen molar-refractivity contribution >= 4 is 23.1 Å². The lowest BCUT2D eigenvalue weighted by atomic mass is 10.2. The second-order valence-electron chi connectivity index (χ2n) is 6.73. The van der Waals surface area contributed by atoms with Crippen LogP contribution in [0.5, 0.6) is 0 Å². The molecule has 0 saturated heterocycles. The first kappa shape index (κ1) is 18.9. The van der Waals surface area contributed by atoms with E-state index in [1.54, 1.807) is 41.5 Å². The maximum atomic E-state index is 13.1. The third-order valence-corrected chi connectivity index (χ3v) is 5.94. The van der Waals surface area contributed by atoms with Gasteiger partial charge in [-0.1, -0.05) is 25.6 Å². The van der Waals surface area contributed by atoms with E-state index in [0.717, 1.165) is 33.8 Å². The first-order chi connectivity index (χ1) is 13.6. The minimum absolute atomic E-state index is 0.243. The summed E-state index contributed by atoms with van der Waals surface area (Å²) in [7, 11) is 0. The number of halogens is 1.